The van der Waals surface area contributed by atoms with Crippen LogP contribution >= 0.6 is 11.6 Å². The fraction of sp³-hybridized carbons (Fsp3) is 0.462. The molecule has 1 saturated heterocycles. The van der Waals surface area contributed by atoms with Crippen LogP contribution in [0.3, 0.4) is 0 Å². The van der Waals surface area contributed by atoms with E-state index < -0.39 is 62.3 Å². The zero-order chi connectivity index (χ0) is 28.1. The largest absolute Gasteiger partial charge is 0.448 e. The Kier molecular flexibility index (Phi) is 7.34. The zero-order valence-electron chi connectivity index (χ0n) is 20.6. The molecule has 210 valence electrons. The number of rotatable bonds is 7. The van der Waals surface area contributed by atoms with Gasteiger partial charge in [0.1, 0.15) is 12.7 Å². The maximum absolute atomic E-state index is 13.7. The molecule has 1 unspecified atom stereocenters. The summed E-state index contributed by atoms with van der Waals surface area (Å²) in [5.41, 5.74) is -1.61. The Hall–Kier alpha value is -2.80. The van der Waals surface area contributed by atoms with Gasteiger partial charge in [-0.3, -0.25) is 4.79 Å². The molecule has 3 fully saturated rings. The molecule has 13 heteroatoms. The van der Waals surface area contributed by atoms with Crippen molar-refractivity contribution in [1.82, 2.24) is 4.90 Å². The summed E-state index contributed by atoms with van der Waals surface area (Å²) in [6.07, 6.45) is -0.671. The van der Waals surface area contributed by atoms with Gasteiger partial charge in [-0.05, 0) is 67.9 Å². The van der Waals surface area contributed by atoms with E-state index in [-0.39, 0.29) is 47.2 Å². The number of sulfone groups is 1. The number of nitrogens with one attached hydrogen (secondary N) is 1. The molecule has 1 heterocycles. The summed E-state index contributed by atoms with van der Waals surface area (Å²) in [5.74, 6) is -4.01. The molecule has 0 aromatic heterocycles. The highest BCUT2D eigenvalue weighted by Gasteiger charge is 2.59. The molecule has 2 amide bonds. The molecular weight excluding hydrogens is 558 g/mol. The number of fused-ring (bicyclic) bond motifs is 2. The molecule has 1 aliphatic heterocycles. The maximum Gasteiger partial charge on any atom is 0.410 e. The molecule has 9 nitrogen and oxygen atoms in total. The number of anilines is 1. The van der Waals surface area contributed by atoms with E-state index in [2.05, 4.69) is 5.32 Å². The minimum absolute atomic E-state index is 0.0119. The molecular formula is C26H27ClF2N2O7S. The van der Waals surface area contributed by atoms with Crippen LogP contribution in [0.1, 0.15) is 36.0 Å². The van der Waals surface area contributed by atoms with E-state index in [0.29, 0.717) is 19.4 Å². The number of aliphatic hydroxyl groups excluding tert-OH is 1. The van der Waals surface area contributed by atoms with Gasteiger partial charge < -0.3 is 25.2 Å². The normalized spacial score (nSPS) is 27.4. The van der Waals surface area contributed by atoms with Gasteiger partial charge in [0.05, 0.1) is 33.9 Å². The Labute approximate surface area is 228 Å². The Morgan fingerprint density at radius 2 is 1.85 bits per heavy atom. The first-order valence-electron chi connectivity index (χ1n) is 12.5. The Morgan fingerprint density at radius 3 is 2.46 bits per heavy atom. The van der Waals surface area contributed by atoms with Crippen LogP contribution in [0.4, 0.5) is 19.3 Å². The van der Waals surface area contributed by atoms with Crippen LogP contribution in [-0.4, -0.2) is 72.2 Å². The van der Waals surface area contributed by atoms with Crippen molar-refractivity contribution in [3.63, 3.8) is 0 Å². The van der Waals surface area contributed by atoms with Crippen molar-refractivity contribution in [2.45, 2.75) is 47.5 Å². The molecule has 2 saturated carbocycles. The van der Waals surface area contributed by atoms with Crippen LogP contribution in [0, 0.1) is 23.5 Å². The second-order valence-electron chi connectivity index (χ2n) is 10.3. The highest BCUT2D eigenvalue weighted by atomic mass is 35.5. The van der Waals surface area contributed by atoms with E-state index in [1.165, 1.54) is 23.1 Å². The van der Waals surface area contributed by atoms with Crippen molar-refractivity contribution in [2.75, 3.05) is 25.0 Å². The molecule has 0 radical (unpaired) electrons. The summed E-state index contributed by atoms with van der Waals surface area (Å²) in [6.45, 7) is 0.396. The highest BCUT2D eigenvalue weighted by molar-refractivity contribution is 7.92. The first-order valence-corrected chi connectivity index (χ1v) is 14.5. The number of hydrogen-bond donors (Lipinski definition) is 3. The van der Waals surface area contributed by atoms with Crippen LogP contribution in [0.5, 0.6) is 0 Å². The SMILES string of the molecule is O=C(Nc1ccc(F)c(F)c1)c1ccc(Cl)c(S(=O)(=O)[C@H]2C[C@H]3CC[C@@H](C2)[C@@]3(O)C(O)CN2CCOC2=O)c1. The third-order valence-corrected chi connectivity index (χ3v) is 10.8. The lowest BCUT2D eigenvalue weighted by Gasteiger charge is -2.45. The van der Waals surface area contributed by atoms with Crippen LogP contribution in [-0.2, 0) is 14.6 Å². The number of benzene rings is 2. The first kappa shape index (κ1) is 27.8. The van der Waals surface area contributed by atoms with Crippen LogP contribution in [0.2, 0.25) is 5.02 Å². The topological polar surface area (TPSA) is 133 Å². The predicted molar refractivity (Wildman–Crippen MR) is 136 cm³/mol. The number of hydrogen-bond acceptors (Lipinski definition) is 7. The molecule has 3 N–H and O–H groups in total. The lowest BCUT2D eigenvalue weighted by molar-refractivity contribution is -0.145. The van der Waals surface area contributed by atoms with Crippen LogP contribution in [0.15, 0.2) is 41.3 Å². The van der Waals surface area contributed by atoms with Crippen molar-refractivity contribution >= 4 is 39.1 Å². The molecule has 2 aromatic rings. The maximum atomic E-state index is 13.7. The fourth-order valence-electron chi connectivity index (χ4n) is 6.11. The van der Waals surface area contributed by atoms with Crippen molar-refractivity contribution in [3.05, 3.63) is 58.6 Å². The number of ether oxygens (including phenoxy) is 1. The summed E-state index contributed by atoms with van der Waals surface area (Å²) in [5, 5.41) is 23.9. The number of halogens is 3. The molecule has 2 aliphatic carbocycles. The van der Waals surface area contributed by atoms with Gasteiger partial charge >= 0.3 is 6.09 Å². The summed E-state index contributed by atoms with van der Waals surface area (Å²) < 4.78 is 59.1. The van der Waals surface area contributed by atoms with E-state index in [1.807, 2.05) is 0 Å². The Bertz CT molecular complexity index is 1410. The molecule has 0 spiro atoms. The number of nitrogens with zero attached hydrogens (tertiary/aromatic N) is 1. The number of carbonyl (C=O) groups excluding carboxylic acids is 2. The number of amides is 2. The number of β-amino-alcohol motifs (C(OH)–C–C–N with tert-alkyl or cyclic N) is 1. The molecule has 3 aliphatic rings. The van der Waals surface area contributed by atoms with Crippen molar-refractivity contribution < 1.29 is 41.7 Å². The second kappa shape index (κ2) is 10.3. The molecule has 5 rings (SSSR count). The van der Waals surface area contributed by atoms with E-state index in [4.69, 9.17) is 16.3 Å². The first-order chi connectivity index (χ1) is 18.4. The second-order valence-corrected chi connectivity index (χ2v) is 12.9. The smallest absolute Gasteiger partial charge is 0.410 e. The summed E-state index contributed by atoms with van der Waals surface area (Å²) in [4.78, 5) is 25.6. The molecule has 2 bridgehead atoms. The number of aliphatic hydroxyl groups is 2. The molecule has 5 atom stereocenters. The zero-order valence-corrected chi connectivity index (χ0v) is 22.2. The summed E-state index contributed by atoms with van der Waals surface area (Å²) >= 11 is 6.27. The fourth-order valence-corrected chi connectivity index (χ4v) is 8.51. The Balaban J connectivity index is 1.34. The monoisotopic (exact) mass is 584 g/mol. The van der Waals surface area contributed by atoms with Gasteiger partial charge in [0.25, 0.3) is 5.91 Å². The number of carbonyl (C=O) groups is 2. The lowest BCUT2D eigenvalue weighted by atomic mass is 9.71. The van der Waals surface area contributed by atoms with Gasteiger partial charge in [-0.25, -0.2) is 22.0 Å². The quantitative estimate of drug-likeness (QED) is 0.454. The molecule has 39 heavy (non-hydrogen) atoms. The van der Waals surface area contributed by atoms with E-state index >= 15 is 0 Å². The third kappa shape index (κ3) is 4.99. The average molecular weight is 585 g/mol. The number of cyclic esters (lactones) is 1. The minimum Gasteiger partial charge on any atom is -0.448 e. The minimum atomic E-state index is -4.07. The van der Waals surface area contributed by atoms with Gasteiger partial charge in [-0.1, -0.05) is 11.6 Å². The average Bonchev–Trinajstić information content (AvgIpc) is 3.33. The highest BCUT2D eigenvalue weighted by Crippen LogP contribution is 2.53. The molecule has 2 aromatic carbocycles. The van der Waals surface area contributed by atoms with Crippen molar-refractivity contribution in [1.29, 1.82) is 0 Å². The van der Waals surface area contributed by atoms with Gasteiger partial charge in [-0.2, -0.15) is 0 Å². The lowest BCUT2D eigenvalue weighted by Crippen LogP contribution is -2.58. The van der Waals surface area contributed by atoms with Crippen LogP contribution < -0.4 is 5.32 Å². The van der Waals surface area contributed by atoms with Gasteiger partial charge in [0.15, 0.2) is 21.5 Å². The Morgan fingerprint density at radius 1 is 1.15 bits per heavy atom. The van der Waals surface area contributed by atoms with Gasteiger partial charge in [0, 0.05) is 17.3 Å². The van der Waals surface area contributed by atoms with Gasteiger partial charge in [-0.15, -0.1) is 0 Å². The summed E-state index contributed by atoms with van der Waals surface area (Å²) in [6, 6.07) is 6.57. The van der Waals surface area contributed by atoms with E-state index in [0.717, 1.165) is 18.2 Å². The standard InChI is InChI=1S/C26H27ClF2N2O7S/c27-19-5-1-14(24(33)30-17-4-6-20(28)21(29)12-17)9-22(19)39(36,37)18-10-15-2-3-16(11-18)26(15,35)23(32)13-31-7-8-38-25(31)34/h1,4-6,9,12,15-16,18,23,32,35H,2-3,7-8,10-11,13H2,(H,30,33)/t15-,16+,18+,23?,26-. The van der Waals surface area contributed by atoms with Crippen molar-refractivity contribution in [3.8, 4) is 0 Å². The third-order valence-electron chi connectivity index (χ3n) is 8.15. The van der Waals surface area contributed by atoms with E-state index in [9.17, 15) is 37.0 Å². The predicted octanol–water partition coefficient (Wildman–Crippen LogP) is 3.38. The van der Waals surface area contributed by atoms with Crippen molar-refractivity contribution in [2.24, 2.45) is 11.8 Å². The summed E-state index contributed by atoms with van der Waals surface area (Å²) in [7, 11) is -4.07. The van der Waals surface area contributed by atoms with Crippen LogP contribution in [0.25, 0.3) is 0 Å². The van der Waals surface area contributed by atoms with E-state index in [1.54, 1.807) is 0 Å². The van der Waals surface area contributed by atoms with Gasteiger partial charge in [0.2, 0.25) is 0 Å².